The van der Waals surface area contributed by atoms with Crippen LogP contribution in [-0.2, 0) is 11.3 Å². The highest BCUT2D eigenvalue weighted by molar-refractivity contribution is 7.09. The van der Waals surface area contributed by atoms with Gasteiger partial charge in [0.2, 0.25) is 5.91 Å². The van der Waals surface area contributed by atoms with E-state index in [4.69, 9.17) is 0 Å². The van der Waals surface area contributed by atoms with Crippen molar-refractivity contribution >= 4 is 17.2 Å². The molecule has 3 nitrogen and oxygen atoms in total. The number of nitrogens with zero attached hydrogens (tertiary/aromatic N) is 1. The zero-order valence-corrected chi connectivity index (χ0v) is 12.9. The maximum absolute atomic E-state index is 12.3. The normalized spacial score (nSPS) is 15.5. The van der Waals surface area contributed by atoms with Crippen molar-refractivity contribution in [3.8, 4) is 0 Å². The average Bonchev–Trinajstić information content (AvgIpc) is 3.01. The van der Waals surface area contributed by atoms with Crippen molar-refractivity contribution in [2.75, 3.05) is 6.54 Å². The number of hydrogen-bond donors (Lipinski definition) is 1. The van der Waals surface area contributed by atoms with Gasteiger partial charge in [0.05, 0.1) is 6.54 Å². The first-order valence-corrected chi connectivity index (χ1v) is 7.90. The van der Waals surface area contributed by atoms with E-state index in [9.17, 15) is 4.79 Å². The van der Waals surface area contributed by atoms with Crippen LogP contribution in [0.25, 0.3) is 0 Å². The summed E-state index contributed by atoms with van der Waals surface area (Å²) in [5.74, 6) is 0.285. The van der Waals surface area contributed by atoms with Crippen molar-refractivity contribution in [2.45, 2.75) is 58.2 Å². The number of carbonyl (C=O) groups excluding carboxylic acids is 1. The Morgan fingerprint density at radius 2 is 2.21 bits per heavy atom. The summed E-state index contributed by atoms with van der Waals surface area (Å²) in [5.41, 5.74) is 0.0818. The summed E-state index contributed by atoms with van der Waals surface area (Å²) in [5, 5.41) is 5.46. The number of nitrogens with one attached hydrogen (secondary N) is 1. The molecule has 19 heavy (non-hydrogen) atoms. The second-order valence-corrected chi connectivity index (χ2v) is 7.29. The molecule has 1 fully saturated rings. The molecule has 1 aliphatic rings. The van der Waals surface area contributed by atoms with Gasteiger partial charge in [-0.05, 0) is 45.1 Å². The molecule has 1 aromatic rings. The molecular formula is C15H24N2OS. The van der Waals surface area contributed by atoms with E-state index >= 15 is 0 Å². The van der Waals surface area contributed by atoms with Crippen molar-refractivity contribution in [3.63, 3.8) is 0 Å². The third kappa shape index (κ3) is 4.96. The van der Waals surface area contributed by atoms with Gasteiger partial charge in [0.1, 0.15) is 0 Å². The topological polar surface area (TPSA) is 32.3 Å². The average molecular weight is 280 g/mol. The van der Waals surface area contributed by atoms with E-state index in [1.54, 1.807) is 11.3 Å². The minimum atomic E-state index is 0.0818. The third-order valence-electron chi connectivity index (χ3n) is 3.21. The van der Waals surface area contributed by atoms with Gasteiger partial charge in [0.25, 0.3) is 0 Å². The largest absolute Gasteiger partial charge is 0.335 e. The molecule has 1 N–H and O–H groups in total. The van der Waals surface area contributed by atoms with Gasteiger partial charge in [0.15, 0.2) is 0 Å². The van der Waals surface area contributed by atoms with Crippen LogP contribution in [0.5, 0.6) is 0 Å². The summed E-state index contributed by atoms with van der Waals surface area (Å²) < 4.78 is 0. The van der Waals surface area contributed by atoms with Crippen LogP contribution in [0.15, 0.2) is 17.5 Å². The predicted octanol–water partition coefficient (Wildman–Crippen LogP) is 3.02. The van der Waals surface area contributed by atoms with Gasteiger partial charge >= 0.3 is 0 Å². The van der Waals surface area contributed by atoms with Gasteiger partial charge in [-0.2, -0.15) is 0 Å². The summed E-state index contributed by atoms with van der Waals surface area (Å²) in [4.78, 5) is 15.7. The molecule has 1 heterocycles. The van der Waals surface area contributed by atoms with E-state index in [-0.39, 0.29) is 11.4 Å². The number of hydrogen-bond acceptors (Lipinski definition) is 3. The smallest absolute Gasteiger partial charge is 0.224 e. The van der Waals surface area contributed by atoms with E-state index < -0.39 is 0 Å². The van der Waals surface area contributed by atoms with Crippen molar-refractivity contribution in [1.29, 1.82) is 0 Å². The van der Waals surface area contributed by atoms with Crippen LogP contribution in [-0.4, -0.2) is 28.9 Å². The van der Waals surface area contributed by atoms with Crippen molar-refractivity contribution in [3.05, 3.63) is 22.4 Å². The Labute approximate surface area is 120 Å². The summed E-state index contributed by atoms with van der Waals surface area (Å²) >= 11 is 1.73. The quantitative estimate of drug-likeness (QED) is 0.868. The fourth-order valence-electron chi connectivity index (χ4n) is 2.07. The van der Waals surface area contributed by atoms with E-state index in [1.807, 2.05) is 0 Å². The van der Waals surface area contributed by atoms with E-state index in [2.05, 4.69) is 48.5 Å². The Morgan fingerprint density at radius 1 is 1.47 bits per heavy atom. The number of thiophene rings is 1. The van der Waals surface area contributed by atoms with Crippen LogP contribution < -0.4 is 5.32 Å². The highest BCUT2D eigenvalue weighted by Crippen LogP contribution is 2.29. The van der Waals surface area contributed by atoms with Crippen LogP contribution in [0.3, 0.4) is 0 Å². The van der Waals surface area contributed by atoms with Gasteiger partial charge < -0.3 is 10.2 Å². The monoisotopic (exact) mass is 280 g/mol. The molecule has 0 aliphatic heterocycles. The van der Waals surface area contributed by atoms with E-state index in [0.717, 1.165) is 13.1 Å². The Balaban J connectivity index is 1.83. The van der Waals surface area contributed by atoms with E-state index in [1.165, 1.54) is 17.7 Å². The molecule has 4 heteroatoms. The van der Waals surface area contributed by atoms with Gasteiger partial charge in [0, 0.05) is 29.4 Å². The lowest BCUT2D eigenvalue weighted by Crippen LogP contribution is -2.40. The molecule has 0 saturated heterocycles. The highest BCUT2D eigenvalue weighted by Gasteiger charge is 2.32. The molecule has 2 rings (SSSR count). The van der Waals surface area contributed by atoms with Crippen molar-refractivity contribution in [1.82, 2.24) is 10.2 Å². The lowest BCUT2D eigenvalue weighted by atomic mass is 10.1. The summed E-state index contributed by atoms with van der Waals surface area (Å²) in [6.07, 6.45) is 2.94. The Bertz CT molecular complexity index is 404. The highest BCUT2D eigenvalue weighted by atomic mass is 32.1. The lowest BCUT2D eigenvalue weighted by molar-refractivity contribution is -0.132. The molecule has 106 valence electrons. The molecule has 1 amide bonds. The fourth-order valence-corrected chi connectivity index (χ4v) is 2.77. The first-order chi connectivity index (χ1) is 8.96. The molecule has 0 spiro atoms. The number of carbonyl (C=O) groups is 1. The summed E-state index contributed by atoms with van der Waals surface area (Å²) in [7, 11) is 0. The third-order valence-corrected chi connectivity index (χ3v) is 4.07. The SMILES string of the molecule is CC(C)(C)NCCC(=O)N(Cc1cccs1)C1CC1. The molecule has 1 aliphatic carbocycles. The molecule has 0 aromatic carbocycles. The molecule has 0 atom stereocenters. The fraction of sp³-hybridized carbons (Fsp3) is 0.667. The first-order valence-electron chi connectivity index (χ1n) is 7.02. The van der Waals surface area contributed by atoms with Gasteiger partial charge in [-0.1, -0.05) is 6.07 Å². The van der Waals surface area contributed by atoms with Crippen LogP contribution in [0.1, 0.15) is 44.9 Å². The predicted molar refractivity (Wildman–Crippen MR) is 80.3 cm³/mol. The lowest BCUT2D eigenvalue weighted by Gasteiger charge is -2.24. The van der Waals surface area contributed by atoms with Gasteiger partial charge in [-0.3, -0.25) is 4.79 Å². The Kier molecular flexibility index (Phi) is 4.63. The van der Waals surface area contributed by atoms with Crippen LogP contribution >= 0.6 is 11.3 Å². The standard InChI is InChI=1S/C15H24N2OS/c1-15(2,3)16-9-8-14(18)17(12-6-7-12)11-13-5-4-10-19-13/h4-5,10,12,16H,6-9,11H2,1-3H3. The number of rotatable bonds is 6. The van der Waals surface area contributed by atoms with Crippen molar-refractivity contribution < 1.29 is 4.79 Å². The Hall–Kier alpha value is -0.870. The molecule has 0 bridgehead atoms. The molecule has 1 aromatic heterocycles. The maximum atomic E-state index is 12.3. The molecule has 0 unspecified atom stereocenters. The van der Waals surface area contributed by atoms with Gasteiger partial charge in [-0.25, -0.2) is 0 Å². The molecular weight excluding hydrogens is 256 g/mol. The van der Waals surface area contributed by atoms with Gasteiger partial charge in [-0.15, -0.1) is 11.3 Å². The van der Waals surface area contributed by atoms with Crippen LogP contribution in [0.2, 0.25) is 0 Å². The van der Waals surface area contributed by atoms with Crippen molar-refractivity contribution in [2.24, 2.45) is 0 Å². The zero-order chi connectivity index (χ0) is 13.9. The molecule has 0 radical (unpaired) electrons. The summed E-state index contributed by atoms with van der Waals surface area (Å²) in [6, 6.07) is 4.65. The second-order valence-electron chi connectivity index (χ2n) is 6.26. The number of amides is 1. The minimum absolute atomic E-state index is 0.0818. The van der Waals surface area contributed by atoms with Crippen LogP contribution in [0, 0.1) is 0 Å². The van der Waals surface area contributed by atoms with E-state index in [0.29, 0.717) is 12.5 Å². The maximum Gasteiger partial charge on any atom is 0.224 e. The minimum Gasteiger partial charge on any atom is -0.335 e. The second kappa shape index (κ2) is 6.06. The first kappa shape index (κ1) is 14.5. The zero-order valence-electron chi connectivity index (χ0n) is 12.1. The molecule has 1 saturated carbocycles. The summed E-state index contributed by atoms with van der Waals surface area (Å²) in [6.45, 7) is 7.93. The van der Waals surface area contributed by atoms with Crippen LogP contribution in [0.4, 0.5) is 0 Å². The Morgan fingerprint density at radius 3 is 2.74 bits per heavy atom.